The number of rotatable bonds is 32. The Morgan fingerprint density at radius 2 is 0.600 bits per heavy atom. The van der Waals surface area contributed by atoms with Crippen molar-refractivity contribution in [2.45, 2.75) is 65.2 Å². The molecule has 0 N–H and O–H groups in total. The van der Waals surface area contributed by atoms with Crippen molar-refractivity contribution in [2.24, 2.45) is 0 Å². The van der Waals surface area contributed by atoms with E-state index in [1.807, 2.05) is 6.92 Å². The molecular weight excluding hydrogens is 456 g/mol. The summed E-state index contributed by atoms with van der Waals surface area (Å²) in [6.07, 6.45) is 10.3. The summed E-state index contributed by atoms with van der Waals surface area (Å²) in [5.41, 5.74) is 0. The molecule has 212 valence electrons. The van der Waals surface area contributed by atoms with Crippen molar-refractivity contribution in [1.29, 1.82) is 0 Å². The predicted molar refractivity (Wildman–Crippen MR) is 136 cm³/mol. The summed E-state index contributed by atoms with van der Waals surface area (Å²) < 4.78 is 37.7. The zero-order valence-corrected chi connectivity index (χ0v) is 22.6. The number of hydrogen-bond donors (Lipinski definition) is 0. The van der Waals surface area contributed by atoms with Gasteiger partial charge in [-0.05, 0) is 13.3 Å². The van der Waals surface area contributed by atoms with E-state index in [1.54, 1.807) is 0 Å². The van der Waals surface area contributed by atoms with Gasteiger partial charge in [-0.2, -0.15) is 0 Å². The summed E-state index contributed by atoms with van der Waals surface area (Å²) in [5, 5.41) is 0. The highest BCUT2D eigenvalue weighted by Gasteiger charge is 1.96. The molecule has 0 aliphatic rings. The summed E-state index contributed by atoms with van der Waals surface area (Å²) in [4.78, 5) is 10.3. The van der Waals surface area contributed by atoms with Gasteiger partial charge in [0.25, 0.3) is 0 Å². The molecule has 0 aliphatic carbocycles. The van der Waals surface area contributed by atoms with E-state index in [2.05, 4.69) is 6.92 Å². The fraction of sp³-hybridized carbons (Fsp3) is 1.00. The van der Waals surface area contributed by atoms with Gasteiger partial charge in [-0.15, -0.1) is 0 Å². The third-order valence-corrected chi connectivity index (χ3v) is 4.91. The first-order chi connectivity index (χ1) is 17.4. The lowest BCUT2D eigenvalue weighted by atomic mass is 10.1. The molecule has 9 heteroatoms. The molecule has 0 spiro atoms. The van der Waals surface area contributed by atoms with E-state index >= 15 is 0 Å². The van der Waals surface area contributed by atoms with E-state index in [1.165, 1.54) is 44.9 Å². The van der Waals surface area contributed by atoms with E-state index in [0.29, 0.717) is 99.1 Å². The minimum absolute atomic E-state index is 0.438. The Labute approximate surface area is 214 Å². The van der Waals surface area contributed by atoms with Crippen LogP contribution in [0.5, 0.6) is 0 Å². The third kappa shape index (κ3) is 33.6. The minimum Gasteiger partial charge on any atom is -0.379 e. The first kappa shape index (κ1) is 34.6. The zero-order chi connectivity index (χ0) is 25.3. The van der Waals surface area contributed by atoms with Gasteiger partial charge in [-0.3, -0.25) is 0 Å². The molecule has 9 nitrogen and oxygen atoms in total. The van der Waals surface area contributed by atoms with E-state index in [0.717, 1.165) is 13.0 Å². The highest BCUT2D eigenvalue weighted by molar-refractivity contribution is 4.45. The first-order valence-corrected chi connectivity index (χ1v) is 13.7. The third-order valence-electron chi connectivity index (χ3n) is 4.91. The summed E-state index contributed by atoms with van der Waals surface area (Å²) in [5.74, 6) is 0. The van der Waals surface area contributed by atoms with Crippen LogP contribution < -0.4 is 0 Å². The number of unbranched alkanes of at least 4 members (excludes halogenated alkanes) is 7. The first-order valence-electron chi connectivity index (χ1n) is 13.7. The molecule has 0 radical (unpaired) electrons. The average Bonchev–Trinajstić information content (AvgIpc) is 2.87. The maximum atomic E-state index is 5.46. The Hall–Kier alpha value is -0.360. The van der Waals surface area contributed by atoms with Crippen molar-refractivity contribution >= 4 is 0 Å². The Balaban J connectivity index is 3.00. The fourth-order valence-electron chi connectivity index (χ4n) is 2.97. The molecule has 0 saturated carbocycles. The fourth-order valence-corrected chi connectivity index (χ4v) is 2.97. The Kier molecular flexibility index (Phi) is 33.3. The number of ether oxygens (including phenoxy) is 7. The Bertz CT molecular complexity index is 330. The van der Waals surface area contributed by atoms with E-state index < -0.39 is 0 Å². The normalized spacial score (nSPS) is 11.5. The van der Waals surface area contributed by atoms with Crippen LogP contribution in [-0.4, -0.2) is 106 Å². The quantitative estimate of drug-likeness (QED) is 0.0751. The minimum atomic E-state index is 0.438. The van der Waals surface area contributed by atoms with Crippen LogP contribution >= 0.6 is 0 Å². The topological polar surface area (TPSA) is 83.1 Å². The molecule has 0 amide bonds. The summed E-state index contributed by atoms with van der Waals surface area (Å²) in [7, 11) is 0. The SMILES string of the molecule is CCCCCCCCCCOOCCOCCOCCOCCOCCOCCOCCOCC. The van der Waals surface area contributed by atoms with E-state index in [4.69, 9.17) is 42.9 Å². The van der Waals surface area contributed by atoms with Crippen LogP contribution in [0.1, 0.15) is 65.2 Å². The molecule has 0 atom stereocenters. The summed E-state index contributed by atoms with van der Waals surface area (Å²) in [6, 6.07) is 0. The average molecular weight is 511 g/mol. The molecule has 0 aromatic heterocycles. The predicted octanol–water partition coefficient (Wildman–Crippen LogP) is 4.21. The van der Waals surface area contributed by atoms with Crippen molar-refractivity contribution in [2.75, 3.05) is 106 Å². The highest BCUT2D eigenvalue weighted by atomic mass is 17.2. The van der Waals surface area contributed by atoms with Gasteiger partial charge >= 0.3 is 0 Å². The van der Waals surface area contributed by atoms with Crippen LogP contribution in [0.4, 0.5) is 0 Å². The lowest BCUT2D eigenvalue weighted by Gasteiger charge is -2.08. The molecule has 35 heavy (non-hydrogen) atoms. The Morgan fingerprint density at radius 3 is 1.00 bits per heavy atom. The van der Waals surface area contributed by atoms with Gasteiger partial charge in [0.2, 0.25) is 0 Å². The molecule has 0 rings (SSSR count). The molecule has 0 saturated heterocycles. The van der Waals surface area contributed by atoms with Crippen LogP contribution in [0.3, 0.4) is 0 Å². The van der Waals surface area contributed by atoms with Gasteiger partial charge in [0.15, 0.2) is 0 Å². The van der Waals surface area contributed by atoms with Crippen molar-refractivity contribution in [3.05, 3.63) is 0 Å². The molecule has 0 unspecified atom stereocenters. The van der Waals surface area contributed by atoms with Gasteiger partial charge in [-0.25, -0.2) is 9.78 Å². The smallest absolute Gasteiger partial charge is 0.106 e. The lowest BCUT2D eigenvalue weighted by Crippen LogP contribution is -2.15. The van der Waals surface area contributed by atoms with Gasteiger partial charge in [-0.1, -0.05) is 51.9 Å². The summed E-state index contributed by atoms with van der Waals surface area (Å²) >= 11 is 0. The zero-order valence-electron chi connectivity index (χ0n) is 22.6. The van der Waals surface area contributed by atoms with Crippen molar-refractivity contribution in [3.63, 3.8) is 0 Å². The molecule has 0 aromatic carbocycles. The molecule has 0 fully saturated rings. The van der Waals surface area contributed by atoms with Crippen LogP contribution in [-0.2, 0) is 42.9 Å². The Morgan fingerprint density at radius 1 is 0.286 bits per heavy atom. The van der Waals surface area contributed by atoms with Crippen LogP contribution in [0.15, 0.2) is 0 Å². The van der Waals surface area contributed by atoms with Crippen molar-refractivity contribution < 1.29 is 42.9 Å². The monoisotopic (exact) mass is 510 g/mol. The second-order valence-corrected chi connectivity index (χ2v) is 7.99. The van der Waals surface area contributed by atoms with E-state index in [9.17, 15) is 0 Å². The van der Waals surface area contributed by atoms with Gasteiger partial charge in [0.05, 0.1) is 92.5 Å². The summed E-state index contributed by atoms with van der Waals surface area (Å²) in [6.45, 7) is 13.2. The van der Waals surface area contributed by atoms with Gasteiger partial charge in [0, 0.05) is 6.61 Å². The van der Waals surface area contributed by atoms with Crippen LogP contribution in [0.2, 0.25) is 0 Å². The largest absolute Gasteiger partial charge is 0.379 e. The molecule has 0 aliphatic heterocycles. The van der Waals surface area contributed by atoms with Gasteiger partial charge < -0.3 is 33.2 Å². The van der Waals surface area contributed by atoms with Crippen molar-refractivity contribution in [3.8, 4) is 0 Å². The van der Waals surface area contributed by atoms with E-state index in [-0.39, 0.29) is 0 Å². The molecule has 0 bridgehead atoms. The maximum Gasteiger partial charge on any atom is 0.106 e. The highest BCUT2D eigenvalue weighted by Crippen LogP contribution is 2.08. The second kappa shape index (κ2) is 33.6. The standard InChI is InChI=1S/C26H54O9/c1-3-5-6-7-8-9-10-11-12-34-35-26-25-33-24-23-32-22-21-31-20-19-30-18-17-29-16-15-28-14-13-27-4-2/h3-26H2,1-2H3. The maximum absolute atomic E-state index is 5.46. The lowest BCUT2D eigenvalue weighted by molar-refractivity contribution is -0.299. The number of hydrogen-bond acceptors (Lipinski definition) is 9. The van der Waals surface area contributed by atoms with Crippen molar-refractivity contribution in [1.82, 2.24) is 0 Å². The van der Waals surface area contributed by atoms with Gasteiger partial charge in [0.1, 0.15) is 6.61 Å². The molecular formula is C26H54O9. The molecule has 0 aromatic rings. The molecule has 0 heterocycles. The van der Waals surface area contributed by atoms with Crippen LogP contribution in [0.25, 0.3) is 0 Å². The van der Waals surface area contributed by atoms with Crippen LogP contribution in [0, 0.1) is 0 Å². The second-order valence-electron chi connectivity index (χ2n) is 7.99.